The van der Waals surface area contributed by atoms with Gasteiger partial charge in [-0.15, -0.1) is 11.3 Å². The minimum absolute atomic E-state index is 0.0683. The Morgan fingerprint density at radius 1 is 1.43 bits per heavy atom. The molecule has 2 aromatic rings. The minimum Gasteiger partial charge on any atom is -0.341 e. The fourth-order valence-electron chi connectivity index (χ4n) is 2.49. The SMILES string of the molecule is O=C(Cc1nc(C2CC2)cs1)N1CC(c2noc(=O)[nH]2)C1. The van der Waals surface area contributed by atoms with Crippen LogP contribution in [0.4, 0.5) is 0 Å². The second-order valence-corrected chi connectivity index (χ2v) is 6.54. The van der Waals surface area contributed by atoms with Crippen LogP contribution in [-0.2, 0) is 11.2 Å². The first-order valence-electron chi connectivity index (χ1n) is 6.97. The number of amides is 1. The van der Waals surface area contributed by atoms with E-state index in [0.717, 1.165) is 10.7 Å². The number of carbonyl (C=O) groups excluding carboxylic acids is 1. The van der Waals surface area contributed by atoms with E-state index in [1.165, 1.54) is 12.8 Å². The minimum atomic E-state index is -0.551. The maximum Gasteiger partial charge on any atom is 0.438 e. The molecule has 1 saturated heterocycles. The van der Waals surface area contributed by atoms with Gasteiger partial charge in [-0.05, 0) is 12.8 Å². The molecule has 0 unspecified atom stereocenters. The third kappa shape index (κ3) is 2.51. The summed E-state index contributed by atoms with van der Waals surface area (Å²) in [6, 6.07) is 0. The lowest BCUT2D eigenvalue weighted by molar-refractivity contribution is -0.135. The number of carbonyl (C=O) groups is 1. The van der Waals surface area contributed by atoms with Crippen LogP contribution in [0.25, 0.3) is 0 Å². The van der Waals surface area contributed by atoms with E-state index in [9.17, 15) is 9.59 Å². The number of likely N-dealkylation sites (tertiary alicyclic amines) is 1. The third-order valence-corrected chi connectivity index (χ3v) is 4.81. The molecule has 2 aliphatic rings. The van der Waals surface area contributed by atoms with Gasteiger partial charge in [0.05, 0.1) is 18.0 Å². The van der Waals surface area contributed by atoms with Gasteiger partial charge in [-0.3, -0.25) is 14.3 Å². The van der Waals surface area contributed by atoms with Crippen molar-refractivity contribution in [2.75, 3.05) is 13.1 Å². The number of hydrogen-bond donors (Lipinski definition) is 1. The molecule has 1 aliphatic carbocycles. The van der Waals surface area contributed by atoms with Gasteiger partial charge in [-0.2, -0.15) is 0 Å². The van der Waals surface area contributed by atoms with Crippen LogP contribution in [0.1, 0.15) is 41.2 Å². The second-order valence-electron chi connectivity index (χ2n) is 5.59. The van der Waals surface area contributed by atoms with Crippen LogP contribution in [0.15, 0.2) is 14.7 Å². The molecule has 1 N–H and O–H groups in total. The van der Waals surface area contributed by atoms with Crippen LogP contribution in [0.3, 0.4) is 0 Å². The Morgan fingerprint density at radius 3 is 2.90 bits per heavy atom. The maximum atomic E-state index is 12.1. The van der Waals surface area contributed by atoms with Crippen molar-refractivity contribution in [1.29, 1.82) is 0 Å². The molecule has 21 heavy (non-hydrogen) atoms. The first-order valence-corrected chi connectivity index (χ1v) is 7.85. The summed E-state index contributed by atoms with van der Waals surface area (Å²) < 4.78 is 4.47. The summed E-state index contributed by atoms with van der Waals surface area (Å²) in [5.41, 5.74) is 1.14. The van der Waals surface area contributed by atoms with E-state index in [1.807, 2.05) is 0 Å². The molecular weight excluding hydrogens is 292 g/mol. The quantitative estimate of drug-likeness (QED) is 0.904. The monoisotopic (exact) mass is 306 g/mol. The van der Waals surface area contributed by atoms with Gasteiger partial charge in [0.1, 0.15) is 5.01 Å². The van der Waals surface area contributed by atoms with E-state index in [1.54, 1.807) is 16.2 Å². The van der Waals surface area contributed by atoms with Crippen molar-refractivity contribution in [1.82, 2.24) is 20.0 Å². The number of aromatic amines is 1. The molecule has 7 nitrogen and oxygen atoms in total. The molecule has 4 rings (SSSR count). The van der Waals surface area contributed by atoms with Crippen molar-refractivity contribution in [3.8, 4) is 0 Å². The van der Waals surface area contributed by atoms with Gasteiger partial charge >= 0.3 is 5.76 Å². The van der Waals surface area contributed by atoms with E-state index >= 15 is 0 Å². The molecule has 1 aliphatic heterocycles. The summed E-state index contributed by atoms with van der Waals surface area (Å²) in [4.78, 5) is 31.8. The molecule has 3 heterocycles. The lowest BCUT2D eigenvalue weighted by Crippen LogP contribution is -2.49. The third-order valence-electron chi connectivity index (χ3n) is 3.95. The van der Waals surface area contributed by atoms with Gasteiger partial charge < -0.3 is 4.90 Å². The highest BCUT2D eigenvalue weighted by Crippen LogP contribution is 2.40. The van der Waals surface area contributed by atoms with Crippen LogP contribution >= 0.6 is 11.3 Å². The van der Waals surface area contributed by atoms with Crippen LogP contribution in [0.5, 0.6) is 0 Å². The fourth-order valence-corrected chi connectivity index (χ4v) is 3.35. The molecule has 0 bridgehead atoms. The van der Waals surface area contributed by atoms with Crippen molar-refractivity contribution in [3.05, 3.63) is 32.5 Å². The van der Waals surface area contributed by atoms with Gasteiger partial charge in [-0.1, -0.05) is 5.16 Å². The molecule has 110 valence electrons. The zero-order valence-corrected chi connectivity index (χ0v) is 12.1. The highest BCUT2D eigenvalue weighted by atomic mass is 32.1. The Labute approximate surface area is 124 Å². The summed E-state index contributed by atoms with van der Waals surface area (Å²) in [7, 11) is 0. The topological polar surface area (TPSA) is 92.1 Å². The second kappa shape index (κ2) is 4.80. The molecule has 1 amide bonds. The molecule has 1 saturated carbocycles. The Hall–Kier alpha value is -1.96. The molecule has 0 radical (unpaired) electrons. The first-order chi connectivity index (χ1) is 10.2. The number of aromatic nitrogens is 3. The van der Waals surface area contributed by atoms with Crippen LogP contribution in [0.2, 0.25) is 0 Å². The van der Waals surface area contributed by atoms with Gasteiger partial charge in [0.2, 0.25) is 5.91 Å². The molecular formula is C13H14N4O3S. The van der Waals surface area contributed by atoms with E-state index in [4.69, 9.17) is 0 Å². The lowest BCUT2D eigenvalue weighted by Gasteiger charge is -2.37. The molecule has 8 heteroatoms. The Kier molecular flexibility index (Phi) is 2.91. The molecule has 0 aromatic carbocycles. The summed E-state index contributed by atoms with van der Waals surface area (Å²) in [5.74, 6) is 0.745. The lowest BCUT2D eigenvalue weighted by atomic mass is 9.99. The summed E-state index contributed by atoms with van der Waals surface area (Å²) in [5, 5.41) is 6.61. The number of rotatable bonds is 4. The average molecular weight is 306 g/mol. The Bertz CT molecular complexity index is 724. The van der Waals surface area contributed by atoms with Gasteiger partial charge in [-0.25, -0.2) is 9.78 Å². The fraction of sp³-hybridized carbons (Fsp3) is 0.538. The number of hydrogen-bond acceptors (Lipinski definition) is 6. The van der Waals surface area contributed by atoms with Crippen LogP contribution < -0.4 is 5.76 Å². The average Bonchev–Trinajstić information content (AvgIpc) is 3.01. The normalized spacial score (nSPS) is 18.8. The van der Waals surface area contributed by atoms with Crippen LogP contribution in [0, 0.1) is 0 Å². The number of thiazole rings is 1. The molecule has 0 spiro atoms. The molecule has 0 atom stereocenters. The summed E-state index contributed by atoms with van der Waals surface area (Å²) in [6.07, 6.45) is 2.81. The highest BCUT2D eigenvalue weighted by molar-refractivity contribution is 7.09. The predicted octanol–water partition coefficient (Wildman–Crippen LogP) is 0.865. The molecule has 2 fully saturated rings. The standard InChI is InChI=1S/C13H14N4O3S/c18-11(3-10-14-9(6-21-10)7-1-2-7)17-4-8(5-17)12-15-13(19)20-16-12/h6-8H,1-5H2,(H,15,16,19). The molecule has 2 aromatic heterocycles. The zero-order chi connectivity index (χ0) is 14.4. The number of H-pyrrole nitrogens is 1. The van der Waals surface area contributed by atoms with Gasteiger partial charge in [0.15, 0.2) is 5.82 Å². The van der Waals surface area contributed by atoms with Crippen LogP contribution in [-0.4, -0.2) is 39.0 Å². The Balaban J connectivity index is 1.33. The van der Waals surface area contributed by atoms with Crippen molar-refractivity contribution in [2.45, 2.75) is 31.1 Å². The smallest absolute Gasteiger partial charge is 0.341 e. The van der Waals surface area contributed by atoms with Crippen molar-refractivity contribution in [2.24, 2.45) is 0 Å². The van der Waals surface area contributed by atoms with Gasteiger partial charge in [0.25, 0.3) is 0 Å². The maximum absolute atomic E-state index is 12.1. The summed E-state index contributed by atoms with van der Waals surface area (Å²) in [6.45, 7) is 1.14. The van der Waals surface area contributed by atoms with E-state index < -0.39 is 5.76 Å². The van der Waals surface area contributed by atoms with E-state index in [0.29, 0.717) is 31.3 Å². The van der Waals surface area contributed by atoms with E-state index in [-0.39, 0.29) is 11.8 Å². The Morgan fingerprint density at radius 2 is 2.24 bits per heavy atom. The highest BCUT2D eigenvalue weighted by Gasteiger charge is 2.34. The largest absolute Gasteiger partial charge is 0.438 e. The zero-order valence-electron chi connectivity index (χ0n) is 11.2. The number of nitrogens with one attached hydrogen (secondary N) is 1. The van der Waals surface area contributed by atoms with Crippen molar-refractivity contribution in [3.63, 3.8) is 0 Å². The number of nitrogens with zero attached hydrogens (tertiary/aromatic N) is 3. The predicted molar refractivity (Wildman–Crippen MR) is 74.2 cm³/mol. The van der Waals surface area contributed by atoms with Crippen molar-refractivity contribution < 1.29 is 9.32 Å². The first kappa shape index (κ1) is 12.8. The van der Waals surface area contributed by atoms with E-state index in [2.05, 4.69) is 25.0 Å². The van der Waals surface area contributed by atoms with Crippen molar-refractivity contribution >= 4 is 17.2 Å². The summed E-state index contributed by atoms with van der Waals surface area (Å²) >= 11 is 1.57. The van der Waals surface area contributed by atoms with Gasteiger partial charge in [0, 0.05) is 24.4 Å².